The summed E-state index contributed by atoms with van der Waals surface area (Å²) in [4.78, 5) is 0. The molecule has 1 nitrogen and oxygen atoms in total. The molecule has 0 saturated heterocycles. The van der Waals surface area contributed by atoms with E-state index in [2.05, 4.69) is 12.2 Å². The van der Waals surface area contributed by atoms with Crippen molar-refractivity contribution < 1.29 is 4.39 Å². The Labute approximate surface area is 109 Å². The van der Waals surface area contributed by atoms with E-state index in [1.165, 1.54) is 19.3 Å². The van der Waals surface area contributed by atoms with E-state index < -0.39 is 0 Å². The Bertz CT molecular complexity index is 433. The number of rotatable bonds is 4. The van der Waals surface area contributed by atoms with E-state index in [-0.39, 0.29) is 11.9 Å². The maximum absolute atomic E-state index is 14.1. The minimum absolute atomic E-state index is 0.0490. The molecule has 0 aromatic heterocycles. The first-order chi connectivity index (χ1) is 8.69. The van der Waals surface area contributed by atoms with E-state index in [1.54, 1.807) is 6.07 Å². The van der Waals surface area contributed by atoms with Crippen LogP contribution in [0.15, 0.2) is 18.2 Å². The van der Waals surface area contributed by atoms with Gasteiger partial charge in [-0.15, -0.1) is 0 Å². The summed E-state index contributed by atoms with van der Waals surface area (Å²) in [5.41, 5.74) is 2.03. The molecule has 1 aromatic rings. The molecular weight excluding hydrogens is 225 g/mol. The normalized spacial score (nSPS) is 31.2. The quantitative estimate of drug-likeness (QED) is 0.852. The molecule has 2 fully saturated rings. The third kappa shape index (κ3) is 2.18. The first-order valence-electron chi connectivity index (χ1n) is 7.18. The van der Waals surface area contributed by atoms with E-state index >= 15 is 0 Å². The summed E-state index contributed by atoms with van der Waals surface area (Å²) in [7, 11) is 0. The zero-order valence-corrected chi connectivity index (χ0v) is 11.2. The van der Waals surface area contributed by atoms with Crippen molar-refractivity contribution in [1.29, 1.82) is 0 Å². The maximum atomic E-state index is 14.1. The fourth-order valence-corrected chi connectivity index (χ4v) is 3.69. The van der Waals surface area contributed by atoms with Crippen LogP contribution in [0.3, 0.4) is 0 Å². The van der Waals surface area contributed by atoms with Crippen molar-refractivity contribution in [1.82, 2.24) is 5.32 Å². The SMILES string of the molecule is CCNC(c1cc(C)ccc1F)C1CC2CC2C1. The average molecular weight is 247 g/mol. The molecule has 98 valence electrons. The van der Waals surface area contributed by atoms with Crippen LogP contribution in [-0.2, 0) is 0 Å². The van der Waals surface area contributed by atoms with Crippen molar-refractivity contribution in [2.75, 3.05) is 6.54 Å². The highest BCUT2D eigenvalue weighted by Gasteiger charge is 2.48. The molecule has 0 bridgehead atoms. The minimum atomic E-state index is -0.0490. The summed E-state index contributed by atoms with van der Waals surface area (Å²) in [5.74, 6) is 2.48. The highest BCUT2D eigenvalue weighted by Crippen LogP contribution is 2.57. The second kappa shape index (κ2) is 4.65. The van der Waals surface area contributed by atoms with Crippen LogP contribution in [0.5, 0.6) is 0 Å². The molecule has 0 aliphatic heterocycles. The second-order valence-electron chi connectivity index (χ2n) is 6.05. The minimum Gasteiger partial charge on any atom is -0.310 e. The molecule has 2 saturated carbocycles. The molecule has 3 atom stereocenters. The molecular formula is C16H22FN. The highest BCUT2D eigenvalue weighted by atomic mass is 19.1. The number of halogens is 1. The lowest BCUT2D eigenvalue weighted by Gasteiger charge is -2.26. The van der Waals surface area contributed by atoms with Crippen LogP contribution >= 0.6 is 0 Å². The molecule has 2 heteroatoms. The summed E-state index contributed by atoms with van der Waals surface area (Å²) >= 11 is 0. The number of aryl methyl sites for hydroxylation is 1. The zero-order chi connectivity index (χ0) is 12.7. The van der Waals surface area contributed by atoms with E-state index in [0.717, 1.165) is 29.5 Å². The van der Waals surface area contributed by atoms with Gasteiger partial charge in [0.15, 0.2) is 0 Å². The Morgan fingerprint density at radius 2 is 2.00 bits per heavy atom. The summed E-state index contributed by atoms with van der Waals surface area (Å²) in [5, 5.41) is 3.51. The first-order valence-corrected chi connectivity index (χ1v) is 7.18. The van der Waals surface area contributed by atoms with Crippen molar-refractivity contribution >= 4 is 0 Å². The fourth-order valence-electron chi connectivity index (χ4n) is 3.69. The molecule has 2 aliphatic rings. The van der Waals surface area contributed by atoms with Crippen LogP contribution in [0.25, 0.3) is 0 Å². The van der Waals surface area contributed by atoms with Gasteiger partial charge < -0.3 is 5.32 Å². The van der Waals surface area contributed by atoms with Gasteiger partial charge in [0.05, 0.1) is 0 Å². The van der Waals surface area contributed by atoms with Gasteiger partial charge in [-0.3, -0.25) is 0 Å². The molecule has 3 rings (SSSR count). The molecule has 1 N–H and O–H groups in total. The zero-order valence-electron chi connectivity index (χ0n) is 11.2. The number of benzene rings is 1. The molecule has 2 aliphatic carbocycles. The molecule has 0 spiro atoms. The molecule has 18 heavy (non-hydrogen) atoms. The molecule has 0 amide bonds. The number of fused-ring (bicyclic) bond motifs is 1. The fraction of sp³-hybridized carbons (Fsp3) is 0.625. The Hall–Kier alpha value is -0.890. The lowest BCUT2D eigenvalue weighted by molar-refractivity contribution is 0.337. The van der Waals surface area contributed by atoms with Crippen molar-refractivity contribution in [3.63, 3.8) is 0 Å². The lowest BCUT2D eigenvalue weighted by atomic mass is 9.88. The van der Waals surface area contributed by atoms with Crippen molar-refractivity contribution in [3.8, 4) is 0 Å². The predicted molar refractivity (Wildman–Crippen MR) is 71.9 cm³/mol. The lowest BCUT2D eigenvalue weighted by Crippen LogP contribution is -2.28. The van der Waals surface area contributed by atoms with E-state index in [4.69, 9.17) is 0 Å². The first kappa shape index (κ1) is 12.2. The third-order valence-electron chi connectivity index (χ3n) is 4.66. The van der Waals surface area contributed by atoms with E-state index in [1.807, 2.05) is 19.1 Å². The topological polar surface area (TPSA) is 12.0 Å². The summed E-state index contributed by atoms with van der Waals surface area (Å²) in [6.45, 7) is 5.05. The van der Waals surface area contributed by atoms with Gasteiger partial charge in [0.1, 0.15) is 5.82 Å². The van der Waals surface area contributed by atoms with Crippen LogP contribution in [0.1, 0.15) is 43.4 Å². The molecule has 0 radical (unpaired) electrons. The summed E-state index contributed by atoms with van der Waals surface area (Å²) in [6, 6.07) is 5.70. The van der Waals surface area contributed by atoms with E-state index in [9.17, 15) is 4.39 Å². The van der Waals surface area contributed by atoms with Crippen LogP contribution in [0.4, 0.5) is 4.39 Å². The van der Waals surface area contributed by atoms with Crippen molar-refractivity contribution in [2.45, 2.75) is 39.2 Å². The summed E-state index contributed by atoms with van der Waals surface area (Å²) < 4.78 is 14.1. The Kier molecular flexibility index (Phi) is 3.14. The van der Waals surface area contributed by atoms with Gasteiger partial charge in [0.25, 0.3) is 0 Å². The Balaban J connectivity index is 1.85. The number of hydrogen-bond donors (Lipinski definition) is 1. The van der Waals surface area contributed by atoms with Crippen LogP contribution < -0.4 is 5.32 Å². The second-order valence-corrected chi connectivity index (χ2v) is 6.05. The van der Waals surface area contributed by atoms with Gasteiger partial charge in [-0.25, -0.2) is 4.39 Å². The van der Waals surface area contributed by atoms with Crippen molar-refractivity contribution in [2.24, 2.45) is 17.8 Å². The van der Waals surface area contributed by atoms with E-state index in [0.29, 0.717) is 5.92 Å². The van der Waals surface area contributed by atoms with Gasteiger partial charge >= 0.3 is 0 Å². The molecule has 0 heterocycles. The van der Waals surface area contributed by atoms with Gasteiger partial charge in [-0.1, -0.05) is 24.6 Å². The summed E-state index contributed by atoms with van der Waals surface area (Å²) in [6.07, 6.45) is 4.00. The van der Waals surface area contributed by atoms with Gasteiger partial charge in [0, 0.05) is 11.6 Å². The Morgan fingerprint density at radius 1 is 1.28 bits per heavy atom. The molecule has 3 unspecified atom stereocenters. The Morgan fingerprint density at radius 3 is 2.67 bits per heavy atom. The predicted octanol–water partition coefficient (Wildman–Crippen LogP) is 3.83. The van der Waals surface area contributed by atoms with Crippen LogP contribution in [0, 0.1) is 30.5 Å². The standard InChI is InChI=1S/C16H22FN/c1-3-18-16(13-8-11-7-12(11)9-13)14-6-10(2)4-5-15(14)17/h4-6,11-13,16,18H,3,7-9H2,1-2H3. The molecule has 1 aromatic carbocycles. The third-order valence-corrected chi connectivity index (χ3v) is 4.66. The van der Waals surface area contributed by atoms with Gasteiger partial charge in [-0.05, 0) is 56.6 Å². The average Bonchev–Trinajstić information content (AvgIpc) is 2.97. The van der Waals surface area contributed by atoms with Gasteiger partial charge in [-0.2, -0.15) is 0 Å². The van der Waals surface area contributed by atoms with Gasteiger partial charge in [0.2, 0.25) is 0 Å². The number of nitrogens with one attached hydrogen (secondary N) is 1. The maximum Gasteiger partial charge on any atom is 0.128 e. The van der Waals surface area contributed by atoms with Crippen molar-refractivity contribution in [3.05, 3.63) is 35.1 Å². The van der Waals surface area contributed by atoms with Crippen LogP contribution in [-0.4, -0.2) is 6.54 Å². The van der Waals surface area contributed by atoms with Crippen LogP contribution in [0.2, 0.25) is 0 Å². The smallest absolute Gasteiger partial charge is 0.128 e. The largest absolute Gasteiger partial charge is 0.310 e. The monoisotopic (exact) mass is 247 g/mol. The highest BCUT2D eigenvalue weighted by molar-refractivity contribution is 5.28. The number of hydrogen-bond acceptors (Lipinski definition) is 1.